The number of hydrogen-bond donors (Lipinski definition) is 1. The molecular weight excluding hydrogens is 470 g/mol. The lowest BCUT2D eigenvalue weighted by Crippen LogP contribution is -2.22. The lowest BCUT2D eigenvalue weighted by atomic mass is 10.1. The van der Waals surface area contributed by atoms with Gasteiger partial charge in [0.15, 0.2) is 11.5 Å². The van der Waals surface area contributed by atoms with Crippen LogP contribution < -0.4 is 19.6 Å². The molecule has 5 rings (SSSR count). The molecule has 10 heteroatoms. The van der Waals surface area contributed by atoms with Gasteiger partial charge in [0.05, 0.1) is 25.6 Å². The third-order valence-electron chi connectivity index (χ3n) is 5.30. The number of nitrogens with zero attached hydrogens (tertiary/aromatic N) is 4. The third kappa shape index (κ3) is 5.10. The second-order valence-corrected chi connectivity index (χ2v) is 7.99. The second kappa shape index (κ2) is 9.86. The summed E-state index contributed by atoms with van der Waals surface area (Å²) >= 11 is 5.91. The number of carbonyl (C=O) groups is 1. The fourth-order valence-electron chi connectivity index (χ4n) is 3.51. The Morgan fingerprint density at radius 1 is 1.14 bits per heavy atom. The third-order valence-corrected chi connectivity index (χ3v) is 5.52. The summed E-state index contributed by atoms with van der Waals surface area (Å²) < 4.78 is 17.5. The van der Waals surface area contributed by atoms with Crippen LogP contribution in [-0.4, -0.2) is 40.8 Å². The van der Waals surface area contributed by atoms with Crippen LogP contribution in [-0.2, 0) is 6.54 Å². The molecule has 2 aromatic heterocycles. The molecule has 4 aromatic rings. The lowest BCUT2D eigenvalue weighted by Gasteiger charge is -2.06. The van der Waals surface area contributed by atoms with Crippen molar-refractivity contribution in [2.24, 2.45) is 5.10 Å². The summed E-state index contributed by atoms with van der Waals surface area (Å²) in [7, 11) is 1.61. The Bertz CT molecular complexity index is 1380. The summed E-state index contributed by atoms with van der Waals surface area (Å²) in [5, 5.41) is 9.14. The topological polar surface area (TPSA) is 99.9 Å². The van der Waals surface area contributed by atoms with Crippen molar-refractivity contribution in [3.8, 4) is 28.5 Å². The molecule has 0 bridgehead atoms. The van der Waals surface area contributed by atoms with Gasteiger partial charge in [-0.2, -0.15) is 10.2 Å². The molecule has 35 heavy (non-hydrogen) atoms. The molecule has 0 atom stereocenters. The van der Waals surface area contributed by atoms with E-state index in [1.54, 1.807) is 42.3 Å². The van der Waals surface area contributed by atoms with E-state index in [2.05, 4.69) is 20.6 Å². The molecule has 0 saturated heterocycles. The number of rotatable bonds is 7. The number of carbonyl (C=O) groups excluding carboxylic acids is 1. The first-order chi connectivity index (χ1) is 17.1. The predicted octanol–water partition coefficient (Wildman–Crippen LogP) is 4.15. The number of methoxy groups -OCH3 is 1. The number of aromatic nitrogens is 3. The van der Waals surface area contributed by atoms with Crippen LogP contribution in [0.25, 0.3) is 11.3 Å². The molecule has 2 aromatic carbocycles. The molecule has 0 fully saturated rings. The average Bonchev–Trinajstić information content (AvgIpc) is 3.52. The zero-order valence-electron chi connectivity index (χ0n) is 18.6. The highest BCUT2D eigenvalue weighted by Crippen LogP contribution is 2.32. The van der Waals surface area contributed by atoms with Crippen LogP contribution in [0.3, 0.4) is 0 Å². The fraction of sp³-hybridized carbons (Fsp3) is 0.120. The molecule has 1 aliphatic heterocycles. The summed E-state index contributed by atoms with van der Waals surface area (Å²) in [4.78, 5) is 17.2. The van der Waals surface area contributed by atoms with E-state index in [9.17, 15) is 4.79 Å². The molecule has 0 aliphatic carbocycles. The van der Waals surface area contributed by atoms with Gasteiger partial charge in [-0.05, 0) is 65.7 Å². The van der Waals surface area contributed by atoms with Gasteiger partial charge >= 0.3 is 0 Å². The molecule has 0 spiro atoms. The van der Waals surface area contributed by atoms with E-state index in [0.717, 1.165) is 22.4 Å². The number of fused-ring (bicyclic) bond motifs is 1. The summed E-state index contributed by atoms with van der Waals surface area (Å²) in [5.41, 5.74) is 6.00. The molecule has 1 amide bonds. The number of hydrazone groups is 1. The Hall–Kier alpha value is -4.37. The molecule has 1 aliphatic rings. The van der Waals surface area contributed by atoms with Crippen LogP contribution in [0.2, 0.25) is 5.15 Å². The van der Waals surface area contributed by atoms with Crippen molar-refractivity contribution >= 4 is 23.7 Å². The van der Waals surface area contributed by atoms with E-state index in [0.29, 0.717) is 34.6 Å². The first kappa shape index (κ1) is 22.4. The Labute approximate surface area is 205 Å². The van der Waals surface area contributed by atoms with Crippen molar-refractivity contribution in [2.45, 2.75) is 6.54 Å². The van der Waals surface area contributed by atoms with Gasteiger partial charge in [0.25, 0.3) is 5.91 Å². The maximum Gasteiger partial charge on any atom is 0.289 e. The van der Waals surface area contributed by atoms with Crippen molar-refractivity contribution in [1.29, 1.82) is 0 Å². The molecule has 0 unspecified atom stereocenters. The van der Waals surface area contributed by atoms with Crippen LogP contribution in [0, 0.1) is 0 Å². The van der Waals surface area contributed by atoms with Gasteiger partial charge in [0, 0.05) is 11.8 Å². The summed E-state index contributed by atoms with van der Waals surface area (Å²) in [6, 6.07) is 18.1. The van der Waals surface area contributed by atoms with Crippen molar-refractivity contribution in [3.63, 3.8) is 0 Å². The van der Waals surface area contributed by atoms with Gasteiger partial charge in [-0.25, -0.2) is 10.4 Å². The first-order valence-electron chi connectivity index (χ1n) is 10.6. The van der Waals surface area contributed by atoms with E-state index in [-0.39, 0.29) is 6.79 Å². The van der Waals surface area contributed by atoms with Crippen LogP contribution in [0.15, 0.2) is 72.0 Å². The Balaban J connectivity index is 1.39. The summed E-state index contributed by atoms with van der Waals surface area (Å²) in [6.45, 7) is 0.519. The van der Waals surface area contributed by atoms with Crippen LogP contribution >= 0.6 is 11.6 Å². The quantitative estimate of drug-likeness (QED) is 0.238. The van der Waals surface area contributed by atoms with Gasteiger partial charge in [0.1, 0.15) is 16.6 Å². The number of nitrogens with one attached hydrogen (secondary N) is 1. The number of halogens is 1. The first-order valence-corrected chi connectivity index (χ1v) is 11.0. The van der Waals surface area contributed by atoms with Gasteiger partial charge in [-0.15, -0.1) is 0 Å². The Kier molecular flexibility index (Phi) is 6.32. The Morgan fingerprint density at radius 2 is 1.97 bits per heavy atom. The SMILES string of the molecule is COc1ccc(-c2cc(C(=O)N/N=C/c3ccc4c(c3)OCO4)n(Cc3ccc(Cl)nc3)n2)cc1. The van der Waals surface area contributed by atoms with Crippen molar-refractivity contribution in [1.82, 2.24) is 20.2 Å². The number of benzene rings is 2. The van der Waals surface area contributed by atoms with Gasteiger partial charge in [-0.3, -0.25) is 9.48 Å². The predicted molar refractivity (Wildman–Crippen MR) is 130 cm³/mol. The van der Waals surface area contributed by atoms with Crippen molar-refractivity contribution in [3.05, 3.63) is 88.8 Å². The number of amides is 1. The number of pyridine rings is 1. The standard InChI is InChI=1S/C25H20ClN5O4/c1-33-19-6-4-18(5-7-19)20-11-21(31(30-20)14-17-3-9-24(26)27-12-17)25(32)29-28-13-16-2-8-22-23(10-16)35-15-34-22/h2-13H,14-15H2,1H3,(H,29,32)/b28-13+. The zero-order chi connectivity index (χ0) is 24.2. The molecule has 1 N–H and O–H groups in total. The highest BCUT2D eigenvalue weighted by atomic mass is 35.5. The maximum absolute atomic E-state index is 13.0. The molecule has 0 radical (unpaired) electrons. The monoisotopic (exact) mass is 489 g/mol. The van der Waals surface area contributed by atoms with E-state index in [1.807, 2.05) is 36.4 Å². The van der Waals surface area contributed by atoms with Gasteiger partial charge < -0.3 is 14.2 Å². The molecule has 0 saturated carbocycles. The zero-order valence-corrected chi connectivity index (χ0v) is 19.4. The summed E-state index contributed by atoms with van der Waals surface area (Å²) in [6.07, 6.45) is 3.19. The molecular formula is C25H20ClN5O4. The molecule has 9 nitrogen and oxygen atoms in total. The minimum Gasteiger partial charge on any atom is -0.497 e. The summed E-state index contributed by atoms with van der Waals surface area (Å²) in [5.74, 6) is 1.64. The molecule has 176 valence electrons. The van der Waals surface area contributed by atoms with Gasteiger partial charge in [0.2, 0.25) is 6.79 Å². The number of hydrogen-bond acceptors (Lipinski definition) is 7. The van der Waals surface area contributed by atoms with Crippen molar-refractivity contribution < 1.29 is 19.0 Å². The van der Waals surface area contributed by atoms with Crippen LogP contribution in [0.1, 0.15) is 21.6 Å². The maximum atomic E-state index is 13.0. The van der Waals surface area contributed by atoms with Gasteiger partial charge in [-0.1, -0.05) is 17.7 Å². The number of ether oxygens (including phenoxy) is 3. The minimum atomic E-state index is -0.406. The van der Waals surface area contributed by atoms with E-state index < -0.39 is 5.91 Å². The minimum absolute atomic E-state index is 0.191. The van der Waals surface area contributed by atoms with Crippen LogP contribution in [0.4, 0.5) is 0 Å². The Morgan fingerprint density at radius 3 is 2.74 bits per heavy atom. The van der Waals surface area contributed by atoms with E-state index in [4.69, 9.17) is 25.8 Å². The highest BCUT2D eigenvalue weighted by molar-refractivity contribution is 6.29. The molecule has 3 heterocycles. The van der Waals surface area contributed by atoms with E-state index >= 15 is 0 Å². The highest BCUT2D eigenvalue weighted by Gasteiger charge is 2.17. The second-order valence-electron chi connectivity index (χ2n) is 7.60. The lowest BCUT2D eigenvalue weighted by molar-refractivity contribution is 0.0945. The fourth-order valence-corrected chi connectivity index (χ4v) is 3.62. The average molecular weight is 490 g/mol. The smallest absolute Gasteiger partial charge is 0.289 e. The van der Waals surface area contributed by atoms with Crippen LogP contribution in [0.5, 0.6) is 17.2 Å². The largest absolute Gasteiger partial charge is 0.497 e. The normalized spacial score (nSPS) is 12.2. The van der Waals surface area contributed by atoms with E-state index in [1.165, 1.54) is 6.21 Å². The van der Waals surface area contributed by atoms with Crippen molar-refractivity contribution in [2.75, 3.05) is 13.9 Å².